The second kappa shape index (κ2) is 9.13. The lowest BCUT2D eigenvalue weighted by molar-refractivity contribution is 0.0798. The number of carbonyl (C=O) groups is 1. The van der Waals surface area contributed by atoms with Crippen LogP contribution >= 0.6 is 11.6 Å². The molecule has 2 aromatic carbocycles. The Morgan fingerprint density at radius 3 is 2.73 bits per heavy atom. The zero-order valence-corrected chi connectivity index (χ0v) is 18.7. The molecule has 0 atom stereocenters. The van der Waals surface area contributed by atoms with Gasteiger partial charge in [0.15, 0.2) is 23.1 Å². The summed E-state index contributed by atoms with van der Waals surface area (Å²) in [6.07, 6.45) is 4.57. The number of rotatable bonds is 6. The van der Waals surface area contributed by atoms with Crippen LogP contribution in [0.4, 0.5) is 20.3 Å². The van der Waals surface area contributed by atoms with Crippen LogP contribution in [-0.4, -0.2) is 45.3 Å². The molecule has 10 heteroatoms. The number of fused-ring (bicyclic) bond motifs is 1. The lowest BCUT2D eigenvalue weighted by Crippen LogP contribution is -2.32. The summed E-state index contributed by atoms with van der Waals surface area (Å²) in [6.45, 7) is 2.69. The van der Waals surface area contributed by atoms with Gasteiger partial charge < -0.3 is 16.0 Å². The van der Waals surface area contributed by atoms with Crippen molar-refractivity contribution in [1.82, 2.24) is 19.3 Å². The number of aryl methyl sites for hydroxylation is 1. The number of nitrogens with two attached hydrogens (primary N) is 1. The molecule has 1 amide bonds. The average molecular weight is 471 g/mol. The topological polar surface area (TPSA) is 88.5 Å². The van der Waals surface area contributed by atoms with Crippen LogP contribution in [0.3, 0.4) is 0 Å². The number of imidazole rings is 1. The number of aromatic nitrogens is 3. The molecule has 0 fully saturated rings. The smallest absolute Gasteiger partial charge is 0.253 e. The van der Waals surface area contributed by atoms with E-state index in [1.807, 2.05) is 13.0 Å². The minimum Gasteiger partial charge on any atom is -0.340 e. The second-order valence-electron chi connectivity index (χ2n) is 7.51. The third-order valence-electron chi connectivity index (χ3n) is 5.27. The summed E-state index contributed by atoms with van der Waals surface area (Å²) in [5.74, 6) is -1.86. The summed E-state index contributed by atoms with van der Waals surface area (Å²) < 4.78 is 30.1. The van der Waals surface area contributed by atoms with Crippen LogP contribution in [0.2, 0.25) is 5.02 Å². The fraction of sp³-hybridized carbons (Fsp3) is 0.174. The van der Waals surface area contributed by atoms with E-state index in [1.54, 1.807) is 34.7 Å². The van der Waals surface area contributed by atoms with Crippen molar-refractivity contribution >= 4 is 34.7 Å². The van der Waals surface area contributed by atoms with Crippen molar-refractivity contribution in [2.45, 2.75) is 6.92 Å². The number of anilines is 2. The molecule has 0 saturated carbocycles. The molecule has 7 nitrogen and oxygen atoms in total. The number of hydrogen-bond donors (Lipinski definition) is 2. The second-order valence-corrected chi connectivity index (χ2v) is 7.91. The lowest BCUT2D eigenvalue weighted by Gasteiger charge is -2.18. The third kappa shape index (κ3) is 4.24. The zero-order chi connectivity index (χ0) is 23.7. The molecular formula is C23H21ClF2N6O. The van der Waals surface area contributed by atoms with Crippen molar-refractivity contribution in [2.75, 3.05) is 25.5 Å². The Hall–Kier alpha value is -3.56. The maximum absolute atomic E-state index is 14.5. The molecule has 0 bridgehead atoms. The van der Waals surface area contributed by atoms with Crippen LogP contribution in [0.1, 0.15) is 15.9 Å². The maximum Gasteiger partial charge on any atom is 0.253 e. The lowest BCUT2D eigenvalue weighted by atomic mass is 10.1. The fourth-order valence-corrected chi connectivity index (χ4v) is 3.70. The number of halogens is 3. The standard InChI is InChI=1S/C23H21ClF2N6O/c1-13-11-14(3-4-15(13)23(33)31(2)9-7-27)30-21-22-29-12-18(32(22)10-8-28-21)16-5-6-17(24)20(26)19(16)25/h3-6,8,10-12H,7,9,27H2,1-2H3,(H,28,30). The molecule has 0 aliphatic rings. The van der Waals surface area contributed by atoms with Crippen molar-refractivity contribution in [3.63, 3.8) is 0 Å². The summed E-state index contributed by atoms with van der Waals surface area (Å²) in [5.41, 5.74) is 8.39. The highest BCUT2D eigenvalue weighted by Gasteiger charge is 2.18. The molecule has 4 aromatic rings. The average Bonchev–Trinajstić information content (AvgIpc) is 3.22. The quantitative estimate of drug-likeness (QED) is 0.407. The van der Waals surface area contributed by atoms with Gasteiger partial charge in [0.25, 0.3) is 5.91 Å². The van der Waals surface area contributed by atoms with Crippen LogP contribution in [0, 0.1) is 18.6 Å². The normalized spacial score (nSPS) is 11.1. The highest BCUT2D eigenvalue weighted by molar-refractivity contribution is 6.30. The highest BCUT2D eigenvalue weighted by atomic mass is 35.5. The predicted octanol–water partition coefficient (Wildman–Crippen LogP) is 4.41. The minimum absolute atomic E-state index is 0.0295. The zero-order valence-electron chi connectivity index (χ0n) is 17.9. The summed E-state index contributed by atoms with van der Waals surface area (Å²) in [6, 6.07) is 8.02. The van der Waals surface area contributed by atoms with Crippen molar-refractivity contribution in [3.05, 3.63) is 76.7 Å². The molecule has 170 valence electrons. The van der Waals surface area contributed by atoms with Crippen LogP contribution in [-0.2, 0) is 0 Å². The number of hydrogen-bond acceptors (Lipinski definition) is 5. The van der Waals surface area contributed by atoms with Gasteiger partial charge in [0.1, 0.15) is 0 Å². The fourth-order valence-electron chi connectivity index (χ4n) is 3.55. The molecule has 4 rings (SSSR count). The minimum atomic E-state index is -1.11. The van der Waals surface area contributed by atoms with E-state index in [1.165, 1.54) is 24.5 Å². The van der Waals surface area contributed by atoms with Gasteiger partial charge in [-0.15, -0.1) is 0 Å². The molecule has 0 saturated heterocycles. The number of benzene rings is 2. The number of nitrogens with one attached hydrogen (secondary N) is 1. The Kier molecular flexibility index (Phi) is 6.26. The van der Waals surface area contributed by atoms with Crippen LogP contribution < -0.4 is 11.1 Å². The van der Waals surface area contributed by atoms with E-state index in [2.05, 4.69) is 15.3 Å². The summed E-state index contributed by atoms with van der Waals surface area (Å²) >= 11 is 5.67. The number of nitrogens with zero attached hydrogens (tertiary/aromatic N) is 4. The van der Waals surface area contributed by atoms with Crippen molar-refractivity contribution in [2.24, 2.45) is 5.73 Å². The Labute approximate surface area is 193 Å². The van der Waals surface area contributed by atoms with Gasteiger partial charge in [0, 0.05) is 49.3 Å². The summed E-state index contributed by atoms with van der Waals surface area (Å²) in [7, 11) is 1.71. The van der Waals surface area contributed by atoms with Crippen LogP contribution in [0.25, 0.3) is 16.9 Å². The molecule has 2 aromatic heterocycles. The van der Waals surface area contributed by atoms with E-state index in [0.29, 0.717) is 41.5 Å². The molecule has 33 heavy (non-hydrogen) atoms. The van der Waals surface area contributed by atoms with E-state index >= 15 is 0 Å². The first-order valence-corrected chi connectivity index (χ1v) is 10.5. The molecule has 2 heterocycles. The predicted molar refractivity (Wildman–Crippen MR) is 124 cm³/mol. The van der Waals surface area contributed by atoms with Crippen molar-refractivity contribution in [1.29, 1.82) is 0 Å². The molecule has 0 aliphatic carbocycles. The molecule has 0 unspecified atom stereocenters. The Bertz CT molecular complexity index is 1360. The van der Waals surface area contributed by atoms with Crippen molar-refractivity contribution < 1.29 is 13.6 Å². The number of amides is 1. The molecular weight excluding hydrogens is 450 g/mol. The van der Waals surface area contributed by atoms with Crippen LogP contribution in [0.5, 0.6) is 0 Å². The van der Waals surface area contributed by atoms with Gasteiger partial charge in [-0.25, -0.2) is 18.7 Å². The maximum atomic E-state index is 14.5. The molecule has 0 aliphatic heterocycles. The first-order valence-electron chi connectivity index (χ1n) is 10.1. The third-order valence-corrected chi connectivity index (χ3v) is 5.56. The van der Waals surface area contributed by atoms with Gasteiger partial charge in [0.05, 0.1) is 16.9 Å². The molecule has 0 radical (unpaired) electrons. The van der Waals surface area contributed by atoms with Gasteiger partial charge >= 0.3 is 0 Å². The Morgan fingerprint density at radius 2 is 2.00 bits per heavy atom. The Morgan fingerprint density at radius 1 is 1.21 bits per heavy atom. The first-order chi connectivity index (χ1) is 15.8. The summed E-state index contributed by atoms with van der Waals surface area (Å²) in [4.78, 5) is 22.8. The number of carbonyl (C=O) groups excluding carboxylic acids is 1. The summed E-state index contributed by atoms with van der Waals surface area (Å²) in [5, 5.41) is 2.89. The first kappa shape index (κ1) is 22.6. The van der Waals surface area contributed by atoms with E-state index in [4.69, 9.17) is 17.3 Å². The SMILES string of the molecule is Cc1cc(Nc2nccn3c(-c4ccc(Cl)c(F)c4F)cnc23)ccc1C(=O)N(C)CCN. The van der Waals surface area contributed by atoms with Crippen molar-refractivity contribution in [3.8, 4) is 11.3 Å². The van der Waals surface area contributed by atoms with E-state index in [9.17, 15) is 13.6 Å². The van der Waals surface area contributed by atoms with Gasteiger partial charge in [0.2, 0.25) is 0 Å². The van der Waals surface area contributed by atoms with Gasteiger partial charge in [-0.2, -0.15) is 0 Å². The Balaban J connectivity index is 1.67. The largest absolute Gasteiger partial charge is 0.340 e. The van der Waals surface area contributed by atoms with E-state index in [-0.39, 0.29) is 16.5 Å². The van der Waals surface area contributed by atoms with Gasteiger partial charge in [-0.3, -0.25) is 9.20 Å². The van der Waals surface area contributed by atoms with E-state index in [0.717, 1.165) is 5.56 Å². The molecule has 0 spiro atoms. The van der Waals surface area contributed by atoms with Gasteiger partial charge in [-0.05, 0) is 42.8 Å². The molecule has 3 N–H and O–H groups in total. The monoisotopic (exact) mass is 470 g/mol. The van der Waals surface area contributed by atoms with Gasteiger partial charge in [-0.1, -0.05) is 11.6 Å². The highest BCUT2D eigenvalue weighted by Crippen LogP contribution is 2.30. The van der Waals surface area contributed by atoms with E-state index < -0.39 is 11.6 Å². The van der Waals surface area contributed by atoms with Crippen LogP contribution in [0.15, 0.2) is 48.9 Å². The number of likely N-dealkylation sites (N-methyl/N-ethyl adjacent to an activating group) is 1.